The molecular formula is C14H19N2O2. The predicted molar refractivity (Wildman–Crippen MR) is 71.3 cm³/mol. The van der Waals surface area contributed by atoms with Crippen LogP contribution in [0, 0.1) is 6.54 Å². The summed E-state index contributed by atoms with van der Waals surface area (Å²) in [6.45, 7) is 7.82. The van der Waals surface area contributed by atoms with Gasteiger partial charge in [0.1, 0.15) is 6.61 Å². The number of carbonyl (C=O) groups excluding carboxylic acids is 1. The number of ether oxygens (including phenoxy) is 1. The molecule has 0 aliphatic rings. The molecule has 0 spiro atoms. The number of amides is 1. The summed E-state index contributed by atoms with van der Waals surface area (Å²) in [5.74, 6) is -0.136. The minimum Gasteiger partial charge on any atom is -0.365 e. The highest BCUT2D eigenvalue weighted by atomic mass is 16.5. The highest BCUT2D eigenvalue weighted by molar-refractivity contribution is 5.77. The number of hydrogen-bond donors (Lipinski definition) is 1. The third kappa shape index (κ3) is 5.59. The number of hydrogen-bond acceptors (Lipinski definition) is 3. The number of pyridine rings is 1. The minimum absolute atomic E-state index is 0.0419. The van der Waals surface area contributed by atoms with Crippen molar-refractivity contribution < 1.29 is 9.53 Å². The summed E-state index contributed by atoms with van der Waals surface area (Å²) >= 11 is 0. The lowest BCUT2D eigenvalue weighted by Gasteiger charge is -2.05. The molecule has 0 atom stereocenters. The van der Waals surface area contributed by atoms with Gasteiger partial charge in [-0.1, -0.05) is 26.0 Å². The van der Waals surface area contributed by atoms with Gasteiger partial charge in [0.05, 0.1) is 18.0 Å². The average Bonchev–Trinajstić information content (AvgIpc) is 2.39. The lowest BCUT2D eigenvalue weighted by molar-refractivity contribution is -0.125. The van der Waals surface area contributed by atoms with Gasteiger partial charge in [-0.25, -0.2) is 0 Å². The first-order chi connectivity index (χ1) is 8.76. The highest BCUT2D eigenvalue weighted by Crippen LogP contribution is 2.02. The van der Waals surface area contributed by atoms with E-state index in [4.69, 9.17) is 4.74 Å². The summed E-state index contributed by atoms with van der Waals surface area (Å²) in [6.07, 6.45) is 3.56. The zero-order chi connectivity index (χ0) is 13.2. The smallest absolute Gasteiger partial charge is 0.246 e. The van der Waals surface area contributed by atoms with Crippen LogP contribution in [0.1, 0.15) is 31.2 Å². The topological polar surface area (TPSA) is 51.2 Å². The van der Waals surface area contributed by atoms with Crippen molar-refractivity contribution in [3.05, 3.63) is 42.7 Å². The molecule has 0 bridgehead atoms. The van der Waals surface area contributed by atoms with Crippen molar-refractivity contribution in [1.82, 2.24) is 10.3 Å². The van der Waals surface area contributed by atoms with Gasteiger partial charge in [-0.3, -0.25) is 9.78 Å². The maximum absolute atomic E-state index is 11.3. The van der Waals surface area contributed by atoms with E-state index in [1.165, 1.54) is 0 Å². The monoisotopic (exact) mass is 247 g/mol. The molecule has 0 unspecified atom stereocenters. The number of carbonyl (C=O) groups is 1. The SMILES string of the molecule is C=Cc1cccc(COCC(=O)N[CH]CCC)n1. The molecule has 0 saturated heterocycles. The average molecular weight is 247 g/mol. The van der Waals surface area contributed by atoms with Crippen LogP contribution in [0.2, 0.25) is 0 Å². The molecule has 4 heteroatoms. The van der Waals surface area contributed by atoms with E-state index in [9.17, 15) is 4.79 Å². The highest BCUT2D eigenvalue weighted by Gasteiger charge is 2.01. The Hall–Kier alpha value is -1.68. The Balaban J connectivity index is 2.24. The van der Waals surface area contributed by atoms with Gasteiger partial charge in [-0.05, 0) is 24.6 Å². The summed E-state index contributed by atoms with van der Waals surface area (Å²) in [4.78, 5) is 15.6. The van der Waals surface area contributed by atoms with Crippen LogP contribution in [0.4, 0.5) is 0 Å². The van der Waals surface area contributed by atoms with Crippen LogP contribution in [0.25, 0.3) is 6.08 Å². The van der Waals surface area contributed by atoms with Crippen LogP contribution in [-0.4, -0.2) is 17.5 Å². The van der Waals surface area contributed by atoms with Gasteiger partial charge in [0.25, 0.3) is 0 Å². The van der Waals surface area contributed by atoms with Crippen LogP contribution in [0.5, 0.6) is 0 Å². The zero-order valence-corrected chi connectivity index (χ0v) is 10.7. The number of unbranched alkanes of at least 4 members (excludes halogenated alkanes) is 1. The van der Waals surface area contributed by atoms with Gasteiger partial charge >= 0.3 is 0 Å². The van der Waals surface area contributed by atoms with E-state index in [-0.39, 0.29) is 12.5 Å². The van der Waals surface area contributed by atoms with E-state index < -0.39 is 0 Å². The number of nitrogens with zero attached hydrogens (tertiary/aromatic N) is 1. The van der Waals surface area contributed by atoms with Crippen LogP contribution >= 0.6 is 0 Å². The third-order valence-electron chi connectivity index (χ3n) is 2.22. The van der Waals surface area contributed by atoms with Crippen LogP contribution < -0.4 is 5.32 Å². The molecule has 0 aliphatic carbocycles. The molecular weight excluding hydrogens is 228 g/mol. The second-order valence-corrected chi connectivity index (χ2v) is 3.81. The molecule has 18 heavy (non-hydrogen) atoms. The first-order valence-corrected chi connectivity index (χ1v) is 6.03. The quantitative estimate of drug-likeness (QED) is 0.717. The molecule has 1 N–H and O–H groups in total. The fourth-order valence-corrected chi connectivity index (χ4v) is 1.31. The fourth-order valence-electron chi connectivity index (χ4n) is 1.31. The molecule has 1 radical (unpaired) electrons. The Morgan fingerprint density at radius 1 is 1.56 bits per heavy atom. The van der Waals surface area contributed by atoms with Crippen molar-refractivity contribution in [1.29, 1.82) is 0 Å². The van der Waals surface area contributed by atoms with Gasteiger partial charge < -0.3 is 10.1 Å². The molecule has 0 saturated carbocycles. The van der Waals surface area contributed by atoms with E-state index in [0.29, 0.717) is 6.61 Å². The van der Waals surface area contributed by atoms with E-state index in [2.05, 4.69) is 23.8 Å². The van der Waals surface area contributed by atoms with E-state index in [1.54, 1.807) is 12.6 Å². The first kappa shape index (κ1) is 14.4. The van der Waals surface area contributed by atoms with Crippen molar-refractivity contribution in [2.45, 2.75) is 26.4 Å². The number of nitrogens with one attached hydrogen (secondary N) is 1. The molecule has 1 aromatic rings. The van der Waals surface area contributed by atoms with Crippen molar-refractivity contribution in [2.24, 2.45) is 0 Å². The molecule has 4 nitrogen and oxygen atoms in total. The molecule has 1 amide bonds. The normalized spacial score (nSPS) is 10.1. The number of rotatable bonds is 8. The Bertz CT molecular complexity index is 391. The molecule has 1 aromatic heterocycles. The van der Waals surface area contributed by atoms with Crippen LogP contribution in [-0.2, 0) is 16.1 Å². The van der Waals surface area contributed by atoms with Crippen molar-refractivity contribution in [3.63, 3.8) is 0 Å². The summed E-state index contributed by atoms with van der Waals surface area (Å²) in [7, 11) is 0. The molecule has 0 aromatic carbocycles. The second kappa shape index (κ2) is 8.42. The summed E-state index contributed by atoms with van der Waals surface area (Å²) in [5.41, 5.74) is 1.59. The second-order valence-electron chi connectivity index (χ2n) is 3.81. The van der Waals surface area contributed by atoms with Gasteiger partial charge in [-0.2, -0.15) is 0 Å². The number of aromatic nitrogens is 1. The van der Waals surface area contributed by atoms with Crippen LogP contribution in [0.15, 0.2) is 24.8 Å². The molecule has 1 rings (SSSR count). The van der Waals surface area contributed by atoms with E-state index in [0.717, 1.165) is 24.2 Å². The van der Waals surface area contributed by atoms with Crippen molar-refractivity contribution >= 4 is 12.0 Å². The third-order valence-corrected chi connectivity index (χ3v) is 2.22. The lowest BCUT2D eigenvalue weighted by Crippen LogP contribution is -2.25. The zero-order valence-electron chi connectivity index (χ0n) is 10.7. The molecule has 0 fully saturated rings. The summed E-state index contributed by atoms with van der Waals surface area (Å²) in [6, 6.07) is 5.61. The summed E-state index contributed by atoms with van der Waals surface area (Å²) < 4.78 is 5.28. The maximum Gasteiger partial charge on any atom is 0.246 e. The molecule has 0 aliphatic heterocycles. The van der Waals surface area contributed by atoms with Crippen molar-refractivity contribution in [2.75, 3.05) is 6.61 Å². The van der Waals surface area contributed by atoms with Crippen LogP contribution in [0.3, 0.4) is 0 Å². The van der Waals surface area contributed by atoms with Gasteiger partial charge in [0, 0.05) is 6.54 Å². The Labute approximate surface area is 108 Å². The van der Waals surface area contributed by atoms with E-state index >= 15 is 0 Å². The Morgan fingerprint density at radius 3 is 3.11 bits per heavy atom. The lowest BCUT2D eigenvalue weighted by atomic mass is 10.3. The van der Waals surface area contributed by atoms with E-state index in [1.807, 2.05) is 18.2 Å². The summed E-state index contributed by atoms with van der Waals surface area (Å²) in [5, 5.41) is 2.67. The van der Waals surface area contributed by atoms with Gasteiger partial charge in [0.15, 0.2) is 0 Å². The standard InChI is InChI=1S/C14H19N2O2/c1-3-5-9-15-14(17)11-18-10-13-8-6-7-12(4-2)16-13/h4,6-9H,2-3,5,10-11H2,1H3,(H,15,17). The minimum atomic E-state index is -0.136. The molecule has 97 valence electrons. The van der Waals surface area contributed by atoms with Gasteiger partial charge in [0.2, 0.25) is 5.91 Å². The Morgan fingerprint density at radius 2 is 2.39 bits per heavy atom. The largest absolute Gasteiger partial charge is 0.365 e. The first-order valence-electron chi connectivity index (χ1n) is 6.03. The predicted octanol–water partition coefficient (Wildman–Crippen LogP) is 2.32. The fraction of sp³-hybridized carbons (Fsp3) is 0.357. The molecule has 1 heterocycles. The van der Waals surface area contributed by atoms with Crippen molar-refractivity contribution in [3.8, 4) is 0 Å². The Kier molecular flexibility index (Phi) is 6.72. The maximum atomic E-state index is 11.3. The van der Waals surface area contributed by atoms with Gasteiger partial charge in [-0.15, -0.1) is 0 Å².